The van der Waals surface area contributed by atoms with Gasteiger partial charge in [-0.2, -0.15) is 5.10 Å². The molecule has 0 amide bonds. The number of ether oxygens (including phenoxy) is 1. The van der Waals surface area contributed by atoms with Crippen LogP contribution in [0.25, 0.3) is 22.6 Å². The molecule has 3 aromatic rings. The average Bonchev–Trinajstić information content (AvgIpc) is 3.01. The van der Waals surface area contributed by atoms with Crippen molar-refractivity contribution in [3.05, 3.63) is 59.8 Å². The van der Waals surface area contributed by atoms with E-state index in [1.807, 2.05) is 62.4 Å². The average molecular weight is 321 g/mol. The smallest absolute Gasteiger partial charge is 0.327 e. The molecule has 122 valence electrons. The largest absolute Gasteiger partial charge is 0.468 e. The Morgan fingerprint density at radius 1 is 1.08 bits per heavy atom. The molecule has 0 N–H and O–H groups in total. The van der Waals surface area contributed by atoms with Crippen molar-refractivity contribution in [1.82, 2.24) is 14.8 Å². The zero-order valence-electron chi connectivity index (χ0n) is 14.0. The second kappa shape index (κ2) is 6.66. The number of esters is 1. The van der Waals surface area contributed by atoms with E-state index in [1.165, 1.54) is 7.11 Å². The van der Waals surface area contributed by atoms with E-state index in [0.717, 1.165) is 33.9 Å². The van der Waals surface area contributed by atoms with Gasteiger partial charge in [-0.05, 0) is 37.1 Å². The van der Waals surface area contributed by atoms with Crippen LogP contribution >= 0.6 is 0 Å². The molecule has 0 atom stereocenters. The minimum Gasteiger partial charge on any atom is -0.468 e. The van der Waals surface area contributed by atoms with Crippen molar-refractivity contribution in [2.75, 3.05) is 7.11 Å². The highest BCUT2D eigenvalue weighted by Crippen LogP contribution is 2.26. The Hall–Kier alpha value is -2.95. The first kappa shape index (κ1) is 15.9. The van der Waals surface area contributed by atoms with E-state index in [-0.39, 0.29) is 12.5 Å². The third-order valence-corrected chi connectivity index (χ3v) is 3.97. The third-order valence-electron chi connectivity index (χ3n) is 3.97. The number of benzene rings is 1. The molecule has 2 aromatic heterocycles. The monoisotopic (exact) mass is 321 g/mol. The van der Waals surface area contributed by atoms with Crippen LogP contribution in [0.4, 0.5) is 0 Å². The molecule has 0 aliphatic rings. The summed E-state index contributed by atoms with van der Waals surface area (Å²) in [6.45, 7) is 4.06. The minimum absolute atomic E-state index is 0.0611. The quantitative estimate of drug-likeness (QED) is 0.691. The van der Waals surface area contributed by atoms with Crippen molar-refractivity contribution in [2.24, 2.45) is 0 Å². The second-order valence-electron chi connectivity index (χ2n) is 5.61. The summed E-state index contributed by atoms with van der Waals surface area (Å²) < 4.78 is 6.44. The van der Waals surface area contributed by atoms with Crippen LogP contribution in [0, 0.1) is 13.8 Å². The van der Waals surface area contributed by atoms with Gasteiger partial charge in [0.05, 0.1) is 18.5 Å². The van der Waals surface area contributed by atoms with Gasteiger partial charge in [0.15, 0.2) is 0 Å². The molecule has 0 unspecified atom stereocenters. The number of nitrogens with zero attached hydrogens (tertiary/aromatic N) is 3. The number of carbonyl (C=O) groups excluding carboxylic acids is 1. The molecule has 2 heterocycles. The molecular weight excluding hydrogens is 302 g/mol. The first-order chi connectivity index (χ1) is 11.6. The second-order valence-corrected chi connectivity index (χ2v) is 5.61. The zero-order valence-corrected chi connectivity index (χ0v) is 14.0. The Morgan fingerprint density at radius 2 is 1.83 bits per heavy atom. The van der Waals surface area contributed by atoms with E-state index in [4.69, 9.17) is 4.74 Å². The van der Waals surface area contributed by atoms with E-state index >= 15 is 0 Å². The summed E-state index contributed by atoms with van der Waals surface area (Å²) in [4.78, 5) is 16.3. The standard InChI is InChI=1S/C19H19N3O2/c1-13-9-10-16(20-14(13)2)17-11-18(15-7-5-4-6-8-15)22(21-17)12-19(23)24-3/h4-11H,12H2,1-3H3. The summed E-state index contributed by atoms with van der Waals surface area (Å²) in [6.07, 6.45) is 0. The predicted molar refractivity (Wildman–Crippen MR) is 92.4 cm³/mol. The van der Waals surface area contributed by atoms with E-state index in [2.05, 4.69) is 10.1 Å². The normalized spacial score (nSPS) is 10.6. The van der Waals surface area contributed by atoms with Crippen molar-refractivity contribution in [3.63, 3.8) is 0 Å². The molecule has 0 radical (unpaired) electrons. The van der Waals surface area contributed by atoms with E-state index in [0.29, 0.717) is 0 Å². The fraction of sp³-hybridized carbons (Fsp3) is 0.211. The number of aryl methyl sites for hydroxylation is 2. The molecular formula is C19H19N3O2. The van der Waals surface area contributed by atoms with Crippen molar-refractivity contribution in [2.45, 2.75) is 20.4 Å². The zero-order chi connectivity index (χ0) is 17.1. The van der Waals surface area contributed by atoms with Gasteiger partial charge in [0.1, 0.15) is 12.2 Å². The van der Waals surface area contributed by atoms with Crippen LogP contribution in [-0.2, 0) is 16.1 Å². The van der Waals surface area contributed by atoms with Crippen LogP contribution in [0.3, 0.4) is 0 Å². The van der Waals surface area contributed by atoms with E-state index < -0.39 is 0 Å². The van der Waals surface area contributed by atoms with E-state index in [9.17, 15) is 4.79 Å². The maximum absolute atomic E-state index is 11.7. The minimum atomic E-state index is -0.338. The Labute approximate surface area is 140 Å². The third kappa shape index (κ3) is 3.20. The number of carbonyl (C=O) groups is 1. The number of hydrogen-bond donors (Lipinski definition) is 0. The molecule has 5 nitrogen and oxygen atoms in total. The summed E-state index contributed by atoms with van der Waals surface area (Å²) in [5.41, 5.74) is 5.48. The summed E-state index contributed by atoms with van der Waals surface area (Å²) in [6, 6.07) is 15.8. The van der Waals surface area contributed by atoms with Crippen LogP contribution in [0.15, 0.2) is 48.5 Å². The molecule has 0 bridgehead atoms. The maximum atomic E-state index is 11.7. The Bertz CT molecular complexity index is 870. The van der Waals surface area contributed by atoms with Gasteiger partial charge < -0.3 is 4.74 Å². The molecule has 5 heteroatoms. The lowest BCUT2D eigenvalue weighted by Crippen LogP contribution is -2.13. The lowest BCUT2D eigenvalue weighted by molar-refractivity contribution is -0.141. The molecule has 0 saturated heterocycles. The molecule has 0 spiro atoms. The van der Waals surface area contributed by atoms with Crippen LogP contribution in [0.2, 0.25) is 0 Å². The van der Waals surface area contributed by atoms with Crippen LogP contribution in [0.5, 0.6) is 0 Å². The van der Waals surface area contributed by atoms with Gasteiger partial charge in [-0.1, -0.05) is 36.4 Å². The predicted octanol–water partition coefficient (Wildman–Crippen LogP) is 3.40. The van der Waals surface area contributed by atoms with Crippen LogP contribution in [0.1, 0.15) is 11.3 Å². The fourth-order valence-electron chi connectivity index (χ4n) is 2.46. The van der Waals surface area contributed by atoms with Crippen LogP contribution < -0.4 is 0 Å². The van der Waals surface area contributed by atoms with Crippen molar-refractivity contribution in [1.29, 1.82) is 0 Å². The molecule has 0 fully saturated rings. The lowest BCUT2D eigenvalue weighted by atomic mass is 10.1. The van der Waals surface area contributed by atoms with Crippen molar-refractivity contribution >= 4 is 5.97 Å². The summed E-state index contributed by atoms with van der Waals surface area (Å²) in [5, 5.41) is 4.57. The number of aromatic nitrogens is 3. The summed E-state index contributed by atoms with van der Waals surface area (Å²) >= 11 is 0. The Kier molecular flexibility index (Phi) is 4.42. The first-order valence-corrected chi connectivity index (χ1v) is 7.73. The molecule has 3 rings (SSSR count). The molecule has 0 aliphatic heterocycles. The summed E-state index contributed by atoms with van der Waals surface area (Å²) in [5.74, 6) is -0.338. The SMILES string of the molecule is COC(=O)Cn1nc(-c2ccc(C)c(C)n2)cc1-c1ccccc1. The highest BCUT2D eigenvalue weighted by molar-refractivity contribution is 5.72. The van der Waals surface area contributed by atoms with E-state index in [1.54, 1.807) is 4.68 Å². The Morgan fingerprint density at radius 3 is 2.50 bits per heavy atom. The lowest BCUT2D eigenvalue weighted by Gasteiger charge is -2.05. The number of rotatable bonds is 4. The number of pyridine rings is 1. The first-order valence-electron chi connectivity index (χ1n) is 7.73. The van der Waals surface area contributed by atoms with Gasteiger partial charge in [0.2, 0.25) is 0 Å². The molecule has 0 saturated carbocycles. The van der Waals surface area contributed by atoms with Gasteiger partial charge in [0, 0.05) is 5.69 Å². The highest BCUT2D eigenvalue weighted by atomic mass is 16.5. The topological polar surface area (TPSA) is 57.0 Å². The van der Waals surface area contributed by atoms with Crippen molar-refractivity contribution < 1.29 is 9.53 Å². The number of methoxy groups -OCH3 is 1. The van der Waals surface area contributed by atoms with Gasteiger partial charge in [0.25, 0.3) is 0 Å². The molecule has 24 heavy (non-hydrogen) atoms. The molecule has 0 aliphatic carbocycles. The number of hydrogen-bond acceptors (Lipinski definition) is 4. The van der Waals surface area contributed by atoms with Crippen molar-refractivity contribution in [3.8, 4) is 22.6 Å². The molecule has 1 aromatic carbocycles. The van der Waals surface area contributed by atoms with Crippen LogP contribution in [-0.4, -0.2) is 27.8 Å². The van der Waals surface area contributed by atoms with Gasteiger partial charge in [-0.15, -0.1) is 0 Å². The van der Waals surface area contributed by atoms with Gasteiger partial charge >= 0.3 is 5.97 Å². The van der Waals surface area contributed by atoms with Gasteiger partial charge in [-0.25, -0.2) is 0 Å². The van der Waals surface area contributed by atoms with Gasteiger partial charge in [-0.3, -0.25) is 14.5 Å². The fourth-order valence-corrected chi connectivity index (χ4v) is 2.46. The Balaban J connectivity index is 2.08. The summed E-state index contributed by atoms with van der Waals surface area (Å²) in [7, 11) is 1.37. The maximum Gasteiger partial charge on any atom is 0.327 e. The highest BCUT2D eigenvalue weighted by Gasteiger charge is 2.15.